The van der Waals surface area contributed by atoms with Gasteiger partial charge in [0.05, 0.1) is 15.7 Å². The minimum Gasteiger partial charge on any atom is -0.352 e. The topological polar surface area (TPSA) is 94.2 Å². The number of nitro benzene ring substituents is 1. The second kappa shape index (κ2) is 5.25. The number of hydrogen-bond acceptors (Lipinski definition) is 4. The van der Waals surface area contributed by atoms with Crippen LogP contribution in [0.25, 0.3) is 10.8 Å². The first-order valence-corrected chi connectivity index (χ1v) is 7.07. The zero-order chi connectivity index (χ0) is 15.9. The third kappa shape index (κ3) is 2.45. The summed E-state index contributed by atoms with van der Waals surface area (Å²) < 4.78 is 1.31. The summed E-state index contributed by atoms with van der Waals surface area (Å²) in [6, 6.07) is 5.43. The van der Waals surface area contributed by atoms with Crippen LogP contribution < -0.4 is 10.9 Å². The van der Waals surface area contributed by atoms with E-state index in [0.29, 0.717) is 0 Å². The van der Waals surface area contributed by atoms with Gasteiger partial charge in [-0.3, -0.25) is 19.7 Å². The molecule has 1 aliphatic carbocycles. The monoisotopic (exact) mass is 301 g/mol. The van der Waals surface area contributed by atoms with Gasteiger partial charge in [0.15, 0.2) is 0 Å². The molecule has 2 aromatic rings. The van der Waals surface area contributed by atoms with E-state index in [2.05, 4.69) is 5.32 Å². The molecule has 1 aromatic heterocycles. The van der Waals surface area contributed by atoms with E-state index < -0.39 is 16.5 Å². The van der Waals surface area contributed by atoms with Gasteiger partial charge in [-0.2, -0.15) is 0 Å². The van der Waals surface area contributed by atoms with Gasteiger partial charge in [0.1, 0.15) is 6.04 Å². The normalized spacial score (nSPS) is 15.5. The summed E-state index contributed by atoms with van der Waals surface area (Å²) in [6.07, 6.45) is 3.38. The molecule has 114 valence electrons. The Balaban J connectivity index is 2.04. The lowest BCUT2D eigenvalue weighted by molar-refractivity contribution is -0.383. The molecule has 3 rings (SSSR count). The largest absolute Gasteiger partial charge is 0.352 e. The molecule has 0 radical (unpaired) electrons. The first-order chi connectivity index (χ1) is 10.5. The van der Waals surface area contributed by atoms with Crippen LogP contribution in [0.1, 0.15) is 25.8 Å². The second-order valence-electron chi connectivity index (χ2n) is 5.48. The van der Waals surface area contributed by atoms with E-state index in [0.717, 1.165) is 12.8 Å². The standard InChI is InChI=1S/C15H15N3O4/c1-9(14(19)16-10-5-6-10)17-8-7-11-12(15(17)20)3-2-4-13(11)18(21)22/h2-4,7-10H,5-6H2,1H3,(H,16,19). The van der Waals surface area contributed by atoms with Gasteiger partial charge >= 0.3 is 0 Å². The molecule has 0 saturated heterocycles. The first-order valence-electron chi connectivity index (χ1n) is 7.07. The lowest BCUT2D eigenvalue weighted by atomic mass is 10.1. The van der Waals surface area contributed by atoms with E-state index in [9.17, 15) is 19.7 Å². The number of hydrogen-bond donors (Lipinski definition) is 1. The lowest BCUT2D eigenvalue weighted by Gasteiger charge is -2.15. The average molecular weight is 301 g/mol. The number of nitrogens with one attached hydrogen (secondary N) is 1. The fourth-order valence-electron chi connectivity index (χ4n) is 2.42. The number of non-ortho nitro benzene ring substituents is 1. The lowest BCUT2D eigenvalue weighted by Crippen LogP contribution is -2.36. The van der Waals surface area contributed by atoms with Crippen molar-refractivity contribution < 1.29 is 9.72 Å². The van der Waals surface area contributed by atoms with Crippen molar-refractivity contribution in [1.29, 1.82) is 0 Å². The number of carbonyl (C=O) groups is 1. The Labute approximate surface area is 125 Å². The van der Waals surface area contributed by atoms with Gasteiger partial charge in [0.25, 0.3) is 11.2 Å². The van der Waals surface area contributed by atoms with Crippen LogP contribution in [-0.4, -0.2) is 21.4 Å². The maximum atomic E-state index is 12.5. The third-order valence-electron chi connectivity index (χ3n) is 3.87. The van der Waals surface area contributed by atoms with Gasteiger partial charge < -0.3 is 9.88 Å². The number of aromatic nitrogens is 1. The van der Waals surface area contributed by atoms with Crippen molar-refractivity contribution in [1.82, 2.24) is 9.88 Å². The summed E-state index contributed by atoms with van der Waals surface area (Å²) >= 11 is 0. The second-order valence-corrected chi connectivity index (χ2v) is 5.48. The molecule has 1 N–H and O–H groups in total. The molecule has 1 fully saturated rings. The van der Waals surface area contributed by atoms with Crippen molar-refractivity contribution in [3.05, 3.63) is 50.9 Å². The molecule has 1 atom stereocenters. The summed E-state index contributed by atoms with van der Waals surface area (Å²) in [6.45, 7) is 1.64. The van der Waals surface area contributed by atoms with E-state index in [-0.39, 0.29) is 28.4 Å². The number of fused-ring (bicyclic) bond motifs is 1. The Bertz CT molecular complexity index is 823. The smallest absolute Gasteiger partial charge is 0.277 e. The van der Waals surface area contributed by atoms with Crippen LogP contribution in [0.3, 0.4) is 0 Å². The Kier molecular flexibility index (Phi) is 3.40. The van der Waals surface area contributed by atoms with E-state index >= 15 is 0 Å². The van der Waals surface area contributed by atoms with Crippen molar-refractivity contribution in [2.24, 2.45) is 0 Å². The fraction of sp³-hybridized carbons (Fsp3) is 0.333. The molecule has 1 unspecified atom stereocenters. The highest BCUT2D eigenvalue weighted by Gasteiger charge is 2.27. The summed E-state index contributed by atoms with van der Waals surface area (Å²) in [5, 5.41) is 14.4. The van der Waals surface area contributed by atoms with Crippen LogP contribution in [0.4, 0.5) is 5.69 Å². The van der Waals surface area contributed by atoms with E-state index in [1.165, 1.54) is 35.0 Å². The van der Waals surface area contributed by atoms with Crippen LogP contribution in [0.2, 0.25) is 0 Å². The van der Waals surface area contributed by atoms with Crippen LogP contribution in [0, 0.1) is 10.1 Å². The molecule has 1 saturated carbocycles. The van der Waals surface area contributed by atoms with Gasteiger partial charge in [-0.1, -0.05) is 6.07 Å². The highest BCUT2D eigenvalue weighted by Crippen LogP contribution is 2.24. The molecule has 0 aliphatic heterocycles. The van der Waals surface area contributed by atoms with Gasteiger partial charge in [0, 0.05) is 18.3 Å². The molecule has 1 heterocycles. The fourth-order valence-corrected chi connectivity index (χ4v) is 2.42. The summed E-state index contributed by atoms with van der Waals surface area (Å²) in [5.41, 5.74) is -0.517. The number of pyridine rings is 1. The highest BCUT2D eigenvalue weighted by molar-refractivity contribution is 5.90. The summed E-state index contributed by atoms with van der Waals surface area (Å²) in [7, 11) is 0. The molecule has 0 bridgehead atoms. The zero-order valence-electron chi connectivity index (χ0n) is 12.0. The predicted molar refractivity (Wildman–Crippen MR) is 80.7 cm³/mol. The van der Waals surface area contributed by atoms with Gasteiger partial charge in [-0.25, -0.2) is 0 Å². The van der Waals surface area contributed by atoms with Crippen LogP contribution in [0.5, 0.6) is 0 Å². The predicted octanol–water partition coefficient (Wildman–Crippen LogP) is 1.75. The third-order valence-corrected chi connectivity index (χ3v) is 3.87. The highest BCUT2D eigenvalue weighted by atomic mass is 16.6. The molecule has 1 aromatic carbocycles. The van der Waals surface area contributed by atoms with E-state index in [4.69, 9.17) is 0 Å². The number of nitro groups is 1. The first kappa shape index (κ1) is 14.2. The minimum absolute atomic E-state index is 0.114. The molecule has 7 nitrogen and oxygen atoms in total. The van der Waals surface area contributed by atoms with Crippen LogP contribution in [-0.2, 0) is 4.79 Å². The van der Waals surface area contributed by atoms with Crippen LogP contribution in [0.15, 0.2) is 35.3 Å². The molecule has 0 spiro atoms. The molecule has 1 amide bonds. The number of amides is 1. The average Bonchev–Trinajstić information content (AvgIpc) is 3.30. The Morgan fingerprint density at radius 1 is 1.36 bits per heavy atom. The number of rotatable bonds is 4. The van der Waals surface area contributed by atoms with Crippen molar-refractivity contribution in [2.45, 2.75) is 31.8 Å². The molecular formula is C15H15N3O4. The Hall–Kier alpha value is -2.70. The molecule has 22 heavy (non-hydrogen) atoms. The van der Waals surface area contributed by atoms with Crippen molar-refractivity contribution in [3.8, 4) is 0 Å². The number of benzene rings is 1. The van der Waals surface area contributed by atoms with Crippen molar-refractivity contribution in [3.63, 3.8) is 0 Å². The molecular weight excluding hydrogens is 286 g/mol. The maximum Gasteiger partial charge on any atom is 0.277 e. The van der Waals surface area contributed by atoms with Crippen LogP contribution >= 0.6 is 0 Å². The maximum absolute atomic E-state index is 12.5. The Morgan fingerprint density at radius 2 is 2.09 bits per heavy atom. The van der Waals surface area contributed by atoms with Crippen molar-refractivity contribution >= 4 is 22.4 Å². The van der Waals surface area contributed by atoms with Gasteiger partial charge in [-0.15, -0.1) is 0 Å². The molecule has 7 heteroatoms. The summed E-state index contributed by atoms with van der Waals surface area (Å²) in [5.74, 6) is -0.214. The van der Waals surface area contributed by atoms with Gasteiger partial charge in [0.2, 0.25) is 5.91 Å². The number of nitrogens with zero attached hydrogens (tertiary/aromatic N) is 2. The SMILES string of the molecule is CC(C(=O)NC1CC1)n1ccc2c([N+](=O)[O-])cccc2c1=O. The van der Waals surface area contributed by atoms with E-state index in [1.54, 1.807) is 6.92 Å². The quantitative estimate of drug-likeness (QED) is 0.687. The van der Waals surface area contributed by atoms with Crippen molar-refractivity contribution in [2.75, 3.05) is 0 Å². The Morgan fingerprint density at radius 3 is 2.73 bits per heavy atom. The van der Waals surface area contributed by atoms with E-state index in [1.807, 2.05) is 0 Å². The van der Waals surface area contributed by atoms with Gasteiger partial charge in [-0.05, 0) is 31.9 Å². The minimum atomic E-state index is -0.656. The summed E-state index contributed by atoms with van der Waals surface area (Å²) in [4.78, 5) is 35.1. The zero-order valence-corrected chi connectivity index (χ0v) is 12.0. The number of carbonyl (C=O) groups excluding carboxylic acids is 1. The molecule has 1 aliphatic rings.